The van der Waals surface area contributed by atoms with E-state index in [1.807, 2.05) is 12.3 Å². The summed E-state index contributed by atoms with van der Waals surface area (Å²) >= 11 is 6.10. The molecule has 0 spiro atoms. The van der Waals surface area contributed by atoms with E-state index in [9.17, 15) is 4.79 Å². The largest absolute Gasteiger partial charge is 0.495 e. The van der Waals surface area contributed by atoms with Crippen LogP contribution < -0.4 is 10.1 Å². The Kier molecular flexibility index (Phi) is 6.96. The quantitative estimate of drug-likeness (QED) is 0.730. The van der Waals surface area contributed by atoms with E-state index in [1.54, 1.807) is 25.3 Å². The molecule has 1 atom stereocenters. The molecule has 2 aromatic rings. The standard InChI is InChI=1S/C21H25ClN4O2/c1-28-20-6-5-17(10-19(20)22)25-21(27)7-4-15-3-2-8-26(13-15)14-16-9-18(11-23)24-12-16/h5-6,9-10,12,15,24H,2-4,7-8,13-14H2,1H3,(H,25,27). The molecule has 1 aliphatic rings. The lowest BCUT2D eigenvalue weighted by atomic mass is 9.93. The molecule has 2 heterocycles. The summed E-state index contributed by atoms with van der Waals surface area (Å²) in [6.45, 7) is 2.88. The van der Waals surface area contributed by atoms with E-state index in [2.05, 4.69) is 21.3 Å². The second kappa shape index (κ2) is 9.63. The van der Waals surface area contributed by atoms with Crippen molar-refractivity contribution in [1.29, 1.82) is 5.26 Å². The highest BCUT2D eigenvalue weighted by molar-refractivity contribution is 6.32. The van der Waals surface area contributed by atoms with E-state index in [0.29, 0.717) is 34.5 Å². The first-order chi connectivity index (χ1) is 13.6. The molecular weight excluding hydrogens is 376 g/mol. The minimum absolute atomic E-state index is 0.00246. The molecule has 0 bridgehead atoms. The van der Waals surface area contributed by atoms with Crippen LogP contribution in [0.1, 0.15) is 36.9 Å². The van der Waals surface area contributed by atoms with Crippen LogP contribution in [0.5, 0.6) is 5.75 Å². The lowest BCUT2D eigenvalue weighted by molar-refractivity contribution is -0.116. The number of carbonyl (C=O) groups excluding carboxylic acids is 1. The number of anilines is 1. The van der Waals surface area contributed by atoms with Crippen LogP contribution in [0.4, 0.5) is 5.69 Å². The van der Waals surface area contributed by atoms with E-state index in [1.165, 1.54) is 0 Å². The second-order valence-corrected chi connectivity index (χ2v) is 7.62. The van der Waals surface area contributed by atoms with Gasteiger partial charge in [-0.05, 0) is 61.6 Å². The number of piperidine rings is 1. The van der Waals surface area contributed by atoms with Crippen LogP contribution in [0.25, 0.3) is 0 Å². The Morgan fingerprint density at radius 1 is 1.46 bits per heavy atom. The van der Waals surface area contributed by atoms with Crippen LogP contribution in [-0.2, 0) is 11.3 Å². The van der Waals surface area contributed by atoms with Crippen LogP contribution in [-0.4, -0.2) is 36.0 Å². The fourth-order valence-electron chi connectivity index (χ4n) is 3.69. The molecule has 28 heavy (non-hydrogen) atoms. The van der Waals surface area contributed by atoms with Gasteiger partial charge in [0, 0.05) is 31.4 Å². The first-order valence-electron chi connectivity index (χ1n) is 9.50. The van der Waals surface area contributed by atoms with Gasteiger partial charge in [0.2, 0.25) is 5.91 Å². The topological polar surface area (TPSA) is 81.2 Å². The molecule has 1 aliphatic heterocycles. The van der Waals surface area contributed by atoms with Gasteiger partial charge < -0.3 is 15.0 Å². The number of aromatic nitrogens is 1. The summed E-state index contributed by atoms with van der Waals surface area (Å²) in [6, 6.07) is 9.26. The molecule has 1 amide bonds. The number of rotatable bonds is 7. The molecule has 6 nitrogen and oxygen atoms in total. The fraction of sp³-hybridized carbons (Fsp3) is 0.429. The Hall–Kier alpha value is -2.49. The van der Waals surface area contributed by atoms with Gasteiger partial charge in [0.25, 0.3) is 0 Å². The summed E-state index contributed by atoms with van der Waals surface area (Å²) in [7, 11) is 1.56. The van der Waals surface area contributed by atoms with Crippen molar-refractivity contribution in [2.24, 2.45) is 5.92 Å². The van der Waals surface area contributed by atoms with E-state index in [0.717, 1.165) is 44.5 Å². The summed E-state index contributed by atoms with van der Waals surface area (Å²) in [5.74, 6) is 1.10. The van der Waals surface area contributed by atoms with Crippen LogP contribution in [0.3, 0.4) is 0 Å². The van der Waals surface area contributed by atoms with Gasteiger partial charge in [-0.3, -0.25) is 9.69 Å². The predicted octanol–water partition coefficient (Wildman–Crippen LogP) is 4.18. The number of nitrogens with one attached hydrogen (secondary N) is 2. The number of nitrogens with zero attached hydrogens (tertiary/aromatic N) is 2. The minimum atomic E-state index is 0.00246. The number of nitriles is 1. The SMILES string of the molecule is COc1ccc(NC(=O)CCC2CCCN(Cc3c[nH]c(C#N)c3)C2)cc1Cl. The van der Waals surface area contributed by atoms with Crippen molar-refractivity contribution in [2.45, 2.75) is 32.2 Å². The molecule has 7 heteroatoms. The number of carbonyl (C=O) groups is 1. The number of H-pyrrole nitrogens is 1. The molecule has 0 radical (unpaired) electrons. The third-order valence-electron chi connectivity index (χ3n) is 5.09. The van der Waals surface area contributed by atoms with Crippen molar-refractivity contribution in [1.82, 2.24) is 9.88 Å². The van der Waals surface area contributed by atoms with Crippen molar-refractivity contribution in [3.63, 3.8) is 0 Å². The zero-order chi connectivity index (χ0) is 19.9. The van der Waals surface area contributed by atoms with Crippen molar-refractivity contribution in [3.05, 3.63) is 46.7 Å². The highest BCUT2D eigenvalue weighted by atomic mass is 35.5. The number of hydrogen-bond acceptors (Lipinski definition) is 4. The van der Waals surface area contributed by atoms with Crippen LogP contribution in [0.15, 0.2) is 30.5 Å². The molecule has 1 saturated heterocycles. The van der Waals surface area contributed by atoms with Crippen LogP contribution >= 0.6 is 11.6 Å². The maximum Gasteiger partial charge on any atom is 0.224 e. The first kappa shape index (κ1) is 20.2. The van der Waals surface area contributed by atoms with Crippen LogP contribution in [0, 0.1) is 17.2 Å². The highest BCUT2D eigenvalue weighted by Crippen LogP contribution is 2.28. The average molecular weight is 401 g/mol. The molecule has 0 aliphatic carbocycles. The lowest BCUT2D eigenvalue weighted by Gasteiger charge is -2.32. The molecule has 1 aromatic heterocycles. The zero-order valence-corrected chi connectivity index (χ0v) is 16.8. The van der Waals surface area contributed by atoms with Crippen molar-refractivity contribution < 1.29 is 9.53 Å². The van der Waals surface area contributed by atoms with Gasteiger partial charge in [-0.2, -0.15) is 5.26 Å². The third kappa shape index (κ3) is 5.51. The lowest BCUT2D eigenvalue weighted by Crippen LogP contribution is -2.35. The average Bonchev–Trinajstić information content (AvgIpc) is 3.14. The van der Waals surface area contributed by atoms with Crippen molar-refractivity contribution >= 4 is 23.2 Å². The minimum Gasteiger partial charge on any atom is -0.495 e. The van der Waals surface area contributed by atoms with Gasteiger partial charge in [-0.15, -0.1) is 0 Å². The molecule has 0 saturated carbocycles. The summed E-state index contributed by atoms with van der Waals surface area (Å²) in [5, 5.41) is 12.3. The fourth-order valence-corrected chi connectivity index (χ4v) is 3.94. The predicted molar refractivity (Wildman–Crippen MR) is 109 cm³/mol. The number of methoxy groups -OCH3 is 1. The molecule has 1 unspecified atom stereocenters. The molecule has 3 rings (SSSR count). The number of ether oxygens (including phenoxy) is 1. The van der Waals surface area contributed by atoms with Crippen LogP contribution in [0.2, 0.25) is 5.02 Å². The summed E-state index contributed by atoms with van der Waals surface area (Å²) in [4.78, 5) is 17.7. The first-order valence-corrected chi connectivity index (χ1v) is 9.88. The van der Waals surface area contributed by atoms with E-state index < -0.39 is 0 Å². The number of likely N-dealkylation sites (tertiary alicyclic amines) is 1. The molecule has 2 N–H and O–H groups in total. The van der Waals surface area contributed by atoms with Crippen molar-refractivity contribution in [2.75, 3.05) is 25.5 Å². The van der Waals surface area contributed by atoms with Gasteiger partial charge in [-0.1, -0.05) is 11.6 Å². The monoisotopic (exact) mass is 400 g/mol. The maximum atomic E-state index is 12.3. The summed E-state index contributed by atoms with van der Waals surface area (Å²) in [6.07, 6.45) is 5.54. The smallest absolute Gasteiger partial charge is 0.224 e. The molecular formula is C21H25ClN4O2. The van der Waals surface area contributed by atoms with E-state index in [4.69, 9.17) is 21.6 Å². The number of amides is 1. The zero-order valence-electron chi connectivity index (χ0n) is 16.0. The Labute approximate surface area is 170 Å². The molecule has 1 aromatic carbocycles. The maximum absolute atomic E-state index is 12.3. The van der Waals surface area contributed by atoms with Crippen molar-refractivity contribution in [3.8, 4) is 11.8 Å². The summed E-state index contributed by atoms with van der Waals surface area (Å²) < 4.78 is 5.12. The second-order valence-electron chi connectivity index (χ2n) is 7.21. The van der Waals surface area contributed by atoms with E-state index in [-0.39, 0.29) is 5.91 Å². The summed E-state index contributed by atoms with van der Waals surface area (Å²) in [5.41, 5.74) is 2.41. The Balaban J connectivity index is 1.45. The van der Waals surface area contributed by atoms with Gasteiger partial charge in [0.1, 0.15) is 17.5 Å². The van der Waals surface area contributed by atoms with E-state index >= 15 is 0 Å². The Morgan fingerprint density at radius 3 is 3.04 bits per heavy atom. The number of hydrogen-bond donors (Lipinski definition) is 2. The number of halogens is 1. The number of aromatic amines is 1. The highest BCUT2D eigenvalue weighted by Gasteiger charge is 2.21. The number of benzene rings is 1. The van der Waals surface area contributed by atoms with Gasteiger partial charge in [-0.25, -0.2) is 0 Å². The Morgan fingerprint density at radius 2 is 2.32 bits per heavy atom. The van der Waals surface area contributed by atoms with Gasteiger partial charge in [0.15, 0.2) is 0 Å². The molecule has 148 valence electrons. The Bertz CT molecular complexity index is 858. The third-order valence-corrected chi connectivity index (χ3v) is 5.38. The van der Waals surface area contributed by atoms with Gasteiger partial charge in [0.05, 0.1) is 12.1 Å². The molecule has 1 fully saturated rings. The van der Waals surface area contributed by atoms with Gasteiger partial charge >= 0.3 is 0 Å². The normalized spacial score (nSPS) is 17.1.